The number of aliphatic hydroxyl groups excluding tert-OH is 1. The van der Waals surface area contributed by atoms with Crippen LogP contribution in [0.1, 0.15) is 135 Å². The van der Waals surface area contributed by atoms with Crippen molar-refractivity contribution in [3.05, 3.63) is 204 Å². The molecule has 1 saturated heterocycles. The molecule has 1 fully saturated rings. The van der Waals surface area contributed by atoms with Crippen LogP contribution in [-0.2, 0) is 78.6 Å². The fourth-order valence-electron chi connectivity index (χ4n) is 13.5. The van der Waals surface area contributed by atoms with E-state index in [-0.39, 0.29) is 76.1 Å². The van der Waals surface area contributed by atoms with Crippen LogP contribution in [0.15, 0.2) is 148 Å². The molecule has 1 amide bonds. The summed E-state index contributed by atoms with van der Waals surface area (Å²) >= 11 is 0. The number of benzene rings is 5. The second-order valence-corrected chi connectivity index (χ2v) is 33.8. The highest BCUT2D eigenvalue weighted by atomic mass is 32.2. The topological polar surface area (TPSA) is 405 Å². The zero-order valence-electron chi connectivity index (χ0n) is 56.0. The fraction of sp³-hybridized carbons (Fsp3) is 0.358. The lowest BCUT2D eigenvalue weighted by Crippen LogP contribution is -2.34. The van der Waals surface area contributed by atoms with E-state index >= 15 is 0 Å². The second-order valence-electron chi connectivity index (χ2n) is 25.8. The molecule has 34 heteroatoms. The number of aliphatic hydroxyl groups is 1. The number of fused-ring (bicyclic) bond motifs is 8. The Balaban J connectivity index is 0.762. The lowest BCUT2D eigenvalue weighted by atomic mass is 9.77. The van der Waals surface area contributed by atoms with Crippen LogP contribution in [0.3, 0.4) is 0 Å². The van der Waals surface area contributed by atoms with Gasteiger partial charge in [-0.15, -0.1) is 0 Å². The van der Waals surface area contributed by atoms with Gasteiger partial charge in [-0.3, -0.25) is 33.2 Å². The fourth-order valence-corrected chi connectivity index (χ4v) is 19.8. The van der Waals surface area contributed by atoms with Crippen molar-refractivity contribution in [1.82, 2.24) is 14.9 Å². The number of hydrogen-bond donors (Lipinski definition) is 8. The largest absolute Gasteiger partial charge is 0.536 e. The van der Waals surface area contributed by atoms with Crippen LogP contribution in [0.5, 0.6) is 23.0 Å². The molecule has 11 rings (SSSR count). The van der Waals surface area contributed by atoms with Crippen molar-refractivity contribution >= 4 is 70.1 Å². The van der Waals surface area contributed by atoms with Crippen molar-refractivity contribution in [3.63, 3.8) is 0 Å². The quantitative estimate of drug-likeness (QED) is 0.00624. The Morgan fingerprint density at radius 3 is 2.26 bits per heavy atom. The summed E-state index contributed by atoms with van der Waals surface area (Å²) in [6.07, 6.45) is 7.01. The van der Waals surface area contributed by atoms with E-state index in [0.29, 0.717) is 42.6 Å². The number of unbranched alkanes of at least 4 members (excludes halogenated alkanes) is 2. The summed E-state index contributed by atoms with van der Waals surface area (Å²) in [5.41, 5.74) is 4.12. The van der Waals surface area contributed by atoms with Gasteiger partial charge in [0.2, 0.25) is 11.6 Å². The number of allylic oxidation sites excluding steroid dienone is 6. The predicted octanol–water partition coefficient (Wildman–Crippen LogP) is 10.7. The van der Waals surface area contributed by atoms with Crippen LogP contribution >= 0.6 is 31.1 Å². The summed E-state index contributed by atoms with van der Waals surface area (Å²) in [5.74, 6) is -1.52. The first kappa shape index (κ1) is 74.5. The monoisotopic (exact) mass is 1490 g/mol. The normalized spacial score (nSPS) is 22.2. The smallest absolute Gasteiger partial charge is 0.493 e. The number of aryl methyl sites for hydroxylation is 2. The van der Waals surface area contributed by atoms with Gasteiger partial charge in [-0.25, -0.2) is 27.6 Å². The molecule has 8 N–H and O–H groups in total. The van der Waals surface area contributed by atoms with Gasteiger partial charge in [-0.1, -0.05) is 61.9 Å². The molecule has 5 aromatic carbocycles. The maximum absolute atomic E-state index is 13.9. The van der Waals surface area contributed by atoms with Crippen molar-refractivity contribution in [2.75, 3.05) is 30.8 Å². The van der Waals surface area contributed by atoms with Gasteiger partial charge in [0.25, 0.3) is 15.7 Å². The van der Waals surface area contributed by atoms with E-state index in [0.717, 1.165) is 63.2 Å². The first-order valence-corrected chi connectivity index (χ1v) is 39.8. The maximum atomic E-state index is 13.9. The van der Waals surface area contributed by atoms with E-state index in [1.54, 1.807) is 49.4 Å². The lowest BCUT2D eigenvalue weighted by molar-refractivity contribution is -0.438. The minimum atomic E-state index is -6.31. The Hall–Kier alpha value is -7.72. The molecule has 5 aliphatic rings. The van der Waals surface area contributed by atoms with Gasteiger partial charge in [0, 0.05) is 94.8 Å². The molecule has 0 aliphatic carbocycles. The number of esters is 1. The Kier molecular flexibility index (Phi) is 20.8. The van der Waals surface area contributed by atoms with E-state index in [9.17, 15) is 75.1 Å². The summed E-state index contributed by atoms with van der Waals surface area (Å²) in [6.45, 7) is 16.9. The first-order chi connectivity index (χ1) is 47.4. The van der Waals surface area contributed by atoms with E-state index in [2.05, 4.69) is 72.8 Å². The highest BCUT2D eigenvalue weighted by Gasteiger charge is 2.55. The number of aromatic amines is 1. The number of amides is 1. The van der Waals surface area contributed by atoms with Crippen molar-refractivity contribution < 1.29 is 106 Å². The summed E-state index contributed by atoms with van der Waals surface area (Å²) < 4.78 is 132. The van der Waals surface area contributed by atoms with Crippen molar-refractivity contribution in [2.24, 2.45) is 0 Å². The Labute approximate surface area is 580 Å². The van der Waals surface area contributed by atoms with Gasteiger partial charge in [-0.05, 0) is 121 Å². The average molecular weight is 1490 g/mol. The Morgan fingerprint density at radius 2 is 1.52 bits per heavy atom. The minimum absolute atomic E-state index is 0.0405. The van der Waals surface area contributed by atoms with Crippen LogP contribution in [0, 0.1) is 13.8 Å². The molecule has 0 bridgehead atoms. The third-order valence-electron chi connectivity index (χ3n) is 18.2. The van der Waals surface area contributed by atoms with Crippen LogP contribution in [-0.4, -0.2) is 107 Å². The SMILES string of the molecule is CCOc1ccc2c(c1CNC(=O)CCCCC[N+]1=C(/C=C/C=C/C=C3/N(CC)c4ccc(S(=O)(=O)O)cc4C3(C)C)C(C)(C)c3cc(C)ccc31)Oc1cc(OP(=O)(O)OP(=O)(O)OP(=O)(O)OP(=O)(O)CC3OC(n4cc(C)c(=O)[nH]c4=O)C[C@@H]3O)ccc1C21OC(=O)c2ccccc21. The number of carbonyl (C=O) groups is 2. The molecule has 101 heavy (non-hydrogen) atoms. The number of likely N-dealkylation sites (N-methyl/N-ethyl adjacent to an activating group) is 1. The van der Waals surface area contributed by atoms with Crippen LogP contribution in [0.2, 0.25) is 0 Å². The minimum Gasteiger partial charge on any atom is -0.493 e. The summed E-state index contributed by atoms with van der Waals surface area (Å²) in [4.78, 5) is 98.4. The molecule has 5 aliphatic heterocycles. The van der Waals surface area contributed by atoms with Gasteiger partial charge in [0.1, 0.15) is 35.8 Å². The highest BCUT2D eigenvalue weighted by Crippen LogP contribution is 2.72. The number of nitrogens with zero attached hydrogens (tertiary/aromatic N) is 3. The van der Waals surface area contributed by atoms with Gasteiger partial charge in [0.05, 0.1) is 53.0 Å². The Morgan fingerprint density at radius 1 is 0.802 bits per heavy atom. The van der Waals surface area contributed by atoms with Crippen LogP contribution < -0.4 is 35.5 Å². The molecule has 0 saturated carbocycles. The number of anilines is 1. The standard InChI is InChI=1S/C67H75N5O24P4S/c1-9-70-51-30-26-43(101(86,87)88)35-50(51)66(7,8)57(70)21-13-11-14-22-58-65(5,6)49-33-40(3)24-29-52(49)71(58)32-18-12-15-23-59(74)68-37-45-54(89-10-2)31-28-48-61(45)91-55-34-42(25-27-47(55)67(48)46-20-17-16-19-44(46)63(76)92-67)93-98(80,81)95-100(84,85)96-99(82,83)94-97(78,79)39-56-53(73)36-60(90-56)72-38-41(4)62(75)69-64(72)77/h11,13-14,16-17,19-22,24-31,33-35,38,53,56,60,73H,9-10,12,15,18,23,32,36-37,39H2,1-8H3,(H6-,68,69,74,75,77,78,79,80,81,82,83,84,85,86,87,88)/p+1/t53-,56?,60?,67?/m0/s1. The number of aromatic nitrogens is 2. The number of phosphoric acid groups is 3. The zero-order chi connectivity index (χ0) is 73.2. The Bertz CT molecular complexity index is 4950. The number of carbonyl (C=O) groups excluding carboxylic acids is 2. The maximum Gasteiger partial charge on any atom is 0.536 e. The molecule has 29 nitrogen and oxygen atoms in total. The molecule has 1 spiro atoms. The summed E-state index contributed by atoms with van der Waals surface area (Å²) in [5, 5.41) is 13.6. The van der Waals surface area contributed by atoms with Gasteiger partial charge in [0.15, 0.2) is 11.3 Å². The molecule has 6 heterocycles. The molecular formula is C67H76N5O24P4S+. The van der Waals surface area contributed by atoms with Crippen molar-refractivity contribution in [1.29, 1.82) is 0 Å². The second kappa shape index (κ2) is 28.1. The lowest BCUT2D eigenvalue weighted by Gasteiger charge is -2.37. The molecule has 538 valence electrons. The van der Waals surface area contributed by atoms with Crippen LogP contribution in [0.4, 0.5) is 11.4 Å². The van der Waals surface area contributed by atoms with Gasteiger partial charge < -0.3 is 53.5 Å². The molecule has 8 atom stereocenters. The van der Waals surface area contributed by atoms with E-state index in [1.807, 2.05) is 50.1 Å². The molecule has 0 radical (unpaired) electrons. The summed E-state index contributed by atoms with van der Waals surface area (Å²) in [7, 11) is -28.4. The third kappa shape index (κ3) is 15.2. The first-order valence-electron chi connectivity index (χ1n) is 32.1. The van der Waals surface area contributed by atoms with E-state index in [4.69, 9.17) is 23.5 Å². The van der Waals surface area contributed by atoms with Gasteiger partial charge in [-0.2, -0.15) is 21.6 Å². The number of rotatable bonds is 26. The van der Waals surface area contributed by atoms with E-state index in [1.165, 1.54) is 30.7 Å². The predicted molar refractivity (Wildman–Crippen MR) is 367 cm³/mol. The van der Waals surface area contributed by atoms with Crippen molar-refractivity contribution in [2.45, 2.75) is 134 Å². The molecule has 1 aromatic heterocycles. The van der Waals surface area contributed by atoms with Crippen molar-refractivity contribution in [3.8, 4) is 23.0 Å². The molecule has 6 aromatic rings. The van der Waals surface area contributed by atoms with Gasteiger partial charge >= 0.3 is 42.7 Å². The number of ether oxygens (including phenoxy) is 4. The van der Waals surface area contributed by atoms with E-state index < -0.39 is 99.8 Å². The number of nitrogens with one attached hydrogen (secondary N) is 2. The third-order valence-corrected chi connectivity index (χ3v) is 25.4. The van der Waals surface area contributed by atoms with Crippen LogP contribution in [0.25, 0.3) is 0 Å². The number of hydrogen-bond acceptors (Lipinski definition) is 20. The highest BCUT2D eigenvalue weighted by molar-refractivity contribution is 7.85. The molecule has 7 unspecified atom stereocenters. The number of H-pyrrole nitrogens is 1. The average Bonchev–Trinajstić information content (AvgIpc) is 1.64. The summed E-state index contributed by atoms with van der Waals surface area (Å²) in [6, 6.07) is 24.3. The zero-order valence-corrected chi connectivity index (χ0v) is 60.4. The molecular weight excluding hydrogens is 1410 g/mol. The number of phosphoric ester groups is 1.